The topological polar surface area (TPSA) is 51.1 Å². The number of benzene rings is 2. The maximum atomic E-state index is 6.92. The summed E-state index contributed by atoms with van der Waals surface area (Å²) in [5.74, 6) is 5.84. The Morgan fingerprint density at radius 1 is 0.660 bits per heavy atom. The molecule has 0 spiro atoms. The van der Waals surface area contributed by atoms with Crippen LogP contribution < -0.4 is 0 Å². The maximum Gasteiger partial charge on any atom is 0.163 e. The molecule has 5 nitrogen and oxygen atoms in total. The van der Waals surface area contributed by atoms with E-state index in [4.69, 9.17) is 19.7 Å². The molecule has 0 radical (unpaired) electrons. The number of likely N-dealkylation sites (tertiary alicyclic amines) is 1. The van der Waals surface area contributed by atoms with Gasteiger partial charge in [-0.1, -0.05) is 122 Å². The van der Waals surface area contributed by atoms with Crippen LogP contribution >= 0.6 is 0 Å². The molecule has 0 N–H and O–H groups in total. The van der Waals surface area contributed by atoms with Crippen LogP contribution in [0.4, 0.5) is 0 Å². The van der Waals surface area contributed by atoms with E-state index in [2.05, 4.69) is 126 Å². The Morgan fingerprint density at radius 2 is 1.36 bits per heavy atom. The standard InChI is InChI=1S/C45H44N4O/c1-3-13-29(14-4-1)31-17-11-18-32(27-31)44-46-43(30-15-5-2-6-16-30)47-45(48-44)37-21-12-24-40-42(37)36-26-25-33(28-41(36)50-40)49-38-22-9-7-19-34(38)35-20-8-10-23-39(35)49/h1-10,13-16,19-20,22-23,25-26,31-32,34-35,37-39,41H,11-12,17-18,21,24,27-28H2. The third-order valence-electron chi connectivity index (χ3n) is 12.4. The summed E-state index contributed by atoms with van der Waals surface area (Å²) in [4.78, 5) is 18.6. The van der Waals surface area contributed by atoms with Crippen LogP contribution in [-0.2, 0) is 4.74 Å². The molecule has 250 valence electrons. The predicted molar refractivity (Wildman–Crippen MR) is 198 cm³/mol. The van der Waals surface area contributed by atoms with Crippen LogP contribution in [0.5, 0.6) is 0 Å². The summed E-state index contributed by atoms with van der Waals surface area (Å²) in [6.07, 6.45) is 32.0. The zero-order chi connectivity index (χ0) is 33.0. The van der Waals surface area contributed by atoms with E-state index >= 15 is 0 Å². The van der Waals surface area contributed by atoms with Gasteiger partial charge < -0.3 is 9.64 Å². The normalized spacial score (nSPS) is 32.1. The van der Waals surface area contributed by atoms with Crippen LogP contribution in [0.15, 0.2) is 144 Å². The van der Waals surface area contributed by atoms with Gasteiger partial charge in [-0.15, -0.1) is 0 Å². The minimum Gasteiger partial charge on any atom is -0.489 e. The third kappa shape index (κ3) is 5.16. The van der Waals surface area contributed by atoms with Crippen LogP contribution in [0.2, 0.25) is 0 Å². The minimum atomic E-state index is 0.0456. The molecule has 7 aliphatic rings. The molecule has 0 amide bonds. The fourth-order valence-electron chi connectivity index (χ4n) is 10.1. The maximum absolute atomic E-state index is 6.92. The molecule has 8 atom stereocenters. The highest BCUT2D eigenvalue weighted by atomic mass is 16.5. The Kier molecular flexibility index (Phi) is 7.54. The predicted octanol–water partition coefficient (Wildman–Crippen LogP) is 9.65. The minimum absolute atomic E-state index is 0.0456. The van der Waals surface area contributed by atoms with Gasteiger partial charge in [-0.2, -0.15) is 0 Å². The first kappa shape index (κ1) is 30.1. The van der Waals surface area contributed by atoms with Gasteiger partial charge in [0.1, 0.15) is 23.5 Å². The van der Waals surface area contributed by atoms with Gasteiger partial charge in [0.2, 0.25) is 0 Å². The molecule has 5 heteroatoms. The lowest BCUT2D eigenvalue weighted by molar-refractivity contribution is 0.142. The van der Waals surface area contributed by atoms with Crippen molar-refractivity contribution in [1.82, 2.24) is 19.9 Å². The fraction of sp³-hybridized carbons (Fsp3) is 0.356. The summed E-state index contributed by atoms with van der Waals surface area (Å²) in [5.41, 5.74) is 6.56. The van der Waals surface area contributed by atoms with Crippen molar-refractivity contribution in [3.8, 4) is 11.4 Å². The van der Waals surface area contributed by atoms with E-state index in [0.717, 1.165) is 67.3 Å². The molecule has 50 heavy (non-hydrogen) atoms. The summed E-state index contributed by atoms with van der Waals surface area (Å²) < 4.78 is 6.92. The molecule has 3 aromatic rings. The molecule has 1 aromatic heterocycles. The third-order valence-corrected chi connectivity index (χ3v) is 12.4. The van der Waals surface area contributed by atoms with Crippen LogP contribution in [0, 0.1) is 11.8 Å². The van der Waals surface area contributed by atoms with Crippen LogP contribution in [0.3, 0.4) is 0 Å². The van der Waals surface area contributed by atoms with Gasteiger partial charge in [-0.05, 0) is 49.7 Å². The van der Waals surface area contributed by atoms with Crippen molar-refractivity contribution < 1.29 is 4.74 Å². The number of allylic oxidation sites excluding steroid dienone is 7. The highest BCUT2D eigenvalue weighted by molar-refractivity contribution is 5.56. The van der Waals surface area contributed by atoms with E-state index in [9.17, 15) is 0 Å². The second kappa shape index (κ2) is 12.5. The SMILES string of the molecule is C1=CC2C3C=CC=CC3N(C3=CC=C4C5=C(CCCC5c5nc(-c6ccccc6)nc(C6CCCC(c7ccccc7)C6)n5)OC4C3)C2C=C1. The second-order valence-electron chi connectivity index (χ2n) is 15.2. The van der Waals surface area contributed by atoms with Crippen LogP contribution in [-0.4, -0.2) is 38.0 Å². The summed E-state index contributed by atoms with van der Waals surface area (Å²) in [7, 11) is 0. The Morgan fingerprint density at radius 3 is 2.14 bits per heavy atom. The average Bonchev–Trinajstić information content (AvgIpc) is 3.74. The molecular weight excluding hydrogens is 613 g/mol. The molecule has 1 saturated heterocycles. The second-order valence-corrected chi connectivity index (χ2v) is 15.2. The van der Waals surface area contributed by atoms with Crippen molar-refractivity contribution in [1.29, 1.82) is 0 Å². The number of hydrogen-bond acceptors (Lipinski definition) is 5. The van der Waals surface area contributed by atoms with Gasteiger partial charge in [-0.3, -0.25) is 0 Å². The molecule has 2 aromatic carbocycles. The molecule has 10 rings (SSSR count). The van der Waals surface area contributed by atoms with Crippen molar-refractivity contribution in [2.45, 2.75) is 87.3 Å². The molecular formula is C45H44N4O. The Labute approximate surface area is 295 Å². The van der Waals surface area contributed by atoms with E-state index in [-0.39, 0.29) is 12.0 Å². The summed E-state index contributed by atoms with van der Waals surface area (Å²) in [5, 5.41) is 0. The van der Waals surface area contributed by atoms with E-state index < -0.39 is 0 Å². The lowest BCUT2D eigenvalue weighted by atomic mass is 9.77. The zero-order valence-electron chi connectivity index (χ0n) is 28.5. The number of ether oxygens (including phenoxy) is 1. The van der Waals surface area contributed by atoms with E-state index in [1.165, 1.54) is 35.2 Å². The van der Waals surface area contributed by atoms with E-state index in [1.807, 2.05) is 0 Å². The highest BCUT2D eigenvalue weighted by Crippen LogP contribution is 2.52. The van der Waals surface area contributed by atoms with Gasteiger partial charge >= 0.3 is 0 Å². The van der Waals surface area contributed by atoms with Crippen LogP contribution in [0.1, 0.15) is 86.3 Å². The largest absolute Gasteiger partial charge is 0.489 e. The molecule has 8 unspecified atom stereocenters. The number of fused-ring (bicyclic) bond motifs is 5. The molecule has 2 aliphatic heterocycles. The van der Waals surface area contributed by atoms with E-state index in [1.54, 1.807) is 0 Å². The Balaban J connectivity index is 0.999. The summed E-state index contributed by atoms with van der Waals surface area (Å²) >= 11 is 0. The molecule has 5 aliphatic carbocycles. The lowest BCUT2D eigenvalue weighted by Gasteiger charge is -2.36. The quantitative estimate of drug-likeness (QED) is 0.274. The van der Waals surface area contributed by atoms with Crippen molar-refractivity contribution in [3.05, 3.63) is 161 Å². The van der Waals surface area contributed by atoms with Crippen LogP contribution in [0.25, 0.3) is 11.4 Å². The lowest BCUT2D eigenvalue weighted by Crippen LogP contribution is -2.38. The Bertz CT molecular complexity index is 1970. The number of aromatic nitrogens is 3. The van der Waals surface area contributed by atoms with Gasteiger partial charge in [0.25, 0.3) is 0 Å². The monoisotopic (exact) mass is 656 g/mol. The van der Waals surface area contributed by atoms with Crippen molar-refractivity contribution in [2.75, 3.05) is 0 Å². The van der Waals surface area contributed by atoms with Gasteiger partial charge in [0.15, 0.2) is 5.82 Å². The van der Waals surface area contributed by atoms with Crippen molar-refractivity contribution in [3.63, 3.8) is 0 Å². The zero-order valence-corrected chi connectivity index (χ0v) is 28.5. The van der Waals surface area contributed by atoms with Gasteiger partial charge in [0.05, 0.1) is 12.1 Å². The Hall–Kier alpha value is -4.77. The van der Waals surface area contributed by atoms with Crippen molar-refractivity contribution in [2.24, 2.45) is 11.8 Å². The molecule has 1 saturated carbocycles. The number of nitrogens with zero attached hydrogens (tertiary/aromatic N) is 4. The summed E-state index contributed by atoms with van der Waals surface area (Å²) in [6.45, 7) is 0. The van der Waals surface area contributed by atoms with Gasteiger partial charge in [0, 0.05) is 58.9 Å². The van der Waals surface area contributed by atoms with E-state index in [0.29, 0.717) is 35.8 Å². The highest BCUT2D eigenvalue weighted by Gasteiger charge is 2.48. The average molecular weight is 657 g/mol. The first-order valence-corrected chi connectivity index (χ1v) is 18.9. The first-order chi connectivity index (χ1) is 24.8. The molecule has 2 fully saturated rings. The van der Waals surface area contributed by atoms with Crippen molar-refractivity contribution >= 4 is 0 Å². The number of rotatable bonds is 5. The van der Waals surface area contributed by atoms with Gasteiger partial charge in [-0.25, -0.2) is 15.0 Å². The fourth-order valence-corrected chi connectivity index (χ4v) is 10.1. The summed E-state index contributed by atoms with van der Waals surface area (Å²) in [6, 6.07) is 22.3. The number of hydrogen-bond donors (Lipinski definition) is 0. The first-order valence-electron chi connectivity index (χ1n) is 18.9. The molecule has 3 heterocycles. The molecule has 0 bridgehead atoms. The smallest absolute Gasteiger partial charge is 0.163 e.